The summed E-state index contributed by atoms with van der Waals surface area (Å²) in [6, 6.07) is 1.79. The predicted molar refractivity (Wildman–Crippen MR) is 61.5 cm³/mol. The van der Waals surface area contributed by atoms with Gasteiger partial charge >= 0.3 is 5.97 Å². The van der Waals surface area contributed by atoms with Gasteiger partial charge in [0.25, 0.3) is 0 Å². The first kappa shape index (κ1) is 12.0. The van der Waals surface area contributed by atoms with Gasteiger partial charge in [0.15, 0.2) is 5.09 Å². The zero-order valence-corrected chi connectivity index (χ0v) is 10.3. The van der Waals surface area contributed by atoms with Crippen molar-refractivity contribution in [1.82, 2.24) is 5.06 Å². The lowest BCUT2D eigenvalue weighted by Crippen LogP contribution is -2.36. The Morgan fingerprint density at radius 3 is 3.18 bits per heavy atom. The summed E-state index contributed by atoms with van der Waals surface area (Å²) in [5.41, 5.74) is 0.741. The van der Waals surface area contributed by atoms with E-state index in [0.717, 1.165) is 10.6 Å². The molecule has 2 rings (SSSR count). The molecule has 2 heterocycles. The topological polar surface area (TPSA) is 75.3 Å². The number of carbonyl (C=O) groups excluding carboxylic acids is 1. The molecule has 1 aromatic rings. The molecule has 0 fully saturated rings. The summed E-state index contributed by atoms with van der Waals surface area (Å²) >= 11 is 1.43. The van der Waals surface area contributed by atoms with Crippen LogP contribution >= 0.6 is 11.8 Å². The van der Waals surface area contributed by atoms with Crippen molar-refractivity contribution >= 4 is 29.5 Å². The molecule has 7 heteroatoms. The normalized spacial score (nSPS) is 14.3. The molecule has 92 valence electrons. The number of fused-ring (bicyclic) bond motifs is 1. The van der Waals surface area contributed by atoms with Crippen LogP contribution in [-0.4, -0.2) is 34.9 Å². The van der Waals surface area contributed by atoms with Crippen LogP contribution in [0.2, 0.25) is 0 Å². The number of aliphatic imine (C=N–C) groups is 1. The van der Waals surface area contributed by atoms with E-state index >= 15 is 0 Å². The van der Waals surface area contributed by atoms with Crippen molar-refractivity contribution in [3.8, 4) is 0 Å². The molecule has 0 spiro atoms. The fraction of sp³-hybridized carbons (Fsp3) is 0.400. The van der Waals surface area contributed by atoms with E-state index in [1.807, 2.05) is 6.26 Å². The molecule has 0 saturated carbocycles. The second-order valence-electron chi connectivity index (χ2n) is 3.31. The van der Waals surface area contributed by atoms with Gasteiger partial charge in [-0.05, 0) is 19.2 Å². The molecular formula is C10H12N2O4S. The van der Waals surface area contributed by atoms with Crippen molar-refractivity contribution in [2.45, 2.75) is 18.6 Å². The lowest BCUT2D eigenvalue weighted by molar-refractivity contribution is -0.139. The SMILES string of the molecule is CCOC(=O)C1=Nc2oc(SC)cc2CN1O. The van der Waals surface area contributed by atoms with Gasteiger partial charge in [0, 0.05) is 5.56 Å². The third-order valence-electron chi connectivity index (χ3n) is 2.20. The third kappa shape index (κ3) is 2.29. The smallest absolute Gasteiger partial charge is 0.376 e. The van der Waals surface area contributed by atoms with Crippen LogP contribution in [0.4, 0.5) is 5.88 Å². The van der Waals surface area contributed by atoms with Gasteiger partial charge in [-0.25, -0.2) is 9.86 Å². The highest BCUT2D eigenvalue weighted by Crippen LogP contribution is 2.33. The zero-order valence-electron chi connectivity index (χ0n) is 9.47. The van der Waals surface area contributed by atoms with Crippen molar-refractivity contribution in [2.75, 3.05) is 12.9 Å². The van der Waals surface area contributed by atoms with Gasteiger partial charge in [0.2, 0.25) is 11.7 Å². The van der Waals surface area contributed by atoms with Crippen LogP contribution in [0.3, 0.4) is 0 Å². The first-order valence-corrected chi connectivity index (χ1v) is 6.27. The van der Waals surface area contributed by atoms with E-state index in [2.05, 4.69) is 4.99 Å². The van der Waals surface area contributed by atoms with Crippen molar-refractivity contribution in [1.29, 1.82) is 0 Å². The fourth-order valence-corrected chi connectivity index (χ4v) is 1.86. The van der Waals surface area contributed by atoms with Crippen molar-refractivity contribution < 1.29 is 19.2 Å². The van der Waals surface area contributed by atoms with Crippen LogP contribution in [0.1, 0.15) is 12.5 Å². The van der Waals surface area contributed by atoms with E-state index in [1.54, 1.807) is 13.0 Å². The van der Waals surface area contributed by atoms with Crippen LogP contribution in [-0.2, 0) is 16.1 Å². The Labute approximate surface area is 102 Å². The summed E-state index contributed by atoms with van der Waals surface area (Å²) in [7, 11) is 0. The lowest BCUT2D eigenvalue weighted by atomic mass is 10.3. The summed E-state index contributed by atoms with van der Waals surface area (Å²) in [4.78, 5) is 15.4. The number of ether oxygens (including phenoxy) is 1. The van der Waals surface area contributed by atoms with Crippen LogP contribution in [0.5, 0.6) is 0 Å². The Kier molecular flexibility index (Phi) is 3.39. The molecular weight excluding hydrogens is 244 g/mol. The Morgan fingerprint density at radius 2 is 2.53 bits per heavy atom. The first-order valence-electron chi connectivity index (χ1n) is 5.04. The molecule has 0 unspecified atom stereocenters. The second-order valence-corrected chi connectivity index (χ2v) is 4.12. The molecule has 0 atom stereocenters. The number of hydrogen-bond donors (Lipinski definition) is 1. The predicted octanol–water partition coefficient (Wildman–Crippen LogP) is 1.80. The van der Waals surface area contributed by atoms with E-state index in [9.17, 15) is 10.0 Å². The average Bonchev–Trinajstić information content (AvgIpc) is 2.70. The Balaban J connectivity index is 2.31. The second kappa shape index (κ2) is 4.80. The highest BCUT2D eigenvalue weighted by Gasteiger charge is 2.27. The van der Waals surface area contributed by atoms with Gasteiger partial charge in [-0.2, -0.15) is 4.99 Å². The molecule has 6 nitrogen and oxygen atoms in total. The molecule has 0 radical (unpaired) electrons. The number of hydrogen-bond acceptors (Lipinski definition) is 7. The first-order chi connectivity index (χ1) is 8.15. The van der Waals surface area contributed by atoms with Gasteiger partial charge in [-0.3, -0.25) is 5.21 Å². The highest BCUT2D eigenvalue weighted by molar-refractivity contribution is 7.98. The Hall–Kier alpha value is -1.47. The zero-order chi connectivity index (χ0) is 12.4. The molecule has 1 aromatic heterocycles. The third-order valence-corrected chi connectivity index (χ3v) is 2.80. The van der Waals surface area contributed by atoms with Crippen LogP contribution in [0, 0.1) is 0 Å². The Bertz CT molecular complexity index is 469. The molecule has 1 aliphatic heterocycles. The van der Waals surface area contributed by atoms with Gasteiger partial charge in [-0.15, -0.1) is 0 Å². The van der Waals surface area contributed by atoms with Gasteiger partial charge in [0.1, 0.15) is 0 Å². The fourth-order valence-electron chi connectivity index (χ4n) is 1.44. The standard InChI is InChI=1S/C10H12N2O4S/c1-3-15-10(13)8-11-9-6(5-12(8)14)4-7(16-9)17-2/h4,14H,3,5H2,1-2H3. The van der Waals surface area contributed by atoms with Crippen LogP contribution in [0.25, 0.3) is 0 Å². The summed E-state index contributed by atoms with van der Waals surface area (Å²) in [5, 5.41) is 11.1. The van der Waals surface area contributed by atoms with Crippen molar-refractivity contribution in [3.05, 3.63) is 11.6 Å². The van der Waals surface area contributed by atoms with E-state index in [-0.39, 0.29) is 19.0 Å². The van der Waals surface area contributed by atoms with Gasteiger partial charge < -0.3 is 9.15 Å². The molecule has 0 amide bonds. The number of rotatable bonds is 3. The number of amidine groups is 1. The summed E-state index contributed by atoms with van der Waals surface area (Å²) in [6.45, 7) is 2.08. The minimum absolute atomic E-state index is 0.152. The summed E-state index contributed by atoms with van der Waals surface area (Å²) < 4.78 is 10.2. The number of nitrogens with zero attached hydrogens (tertiary/aromatic N) is 2. The maximum atomic E-state index is 11.5. The van der Waals surface area contributed by atoms with Crippen molar-refractivity contribution in [3.63, 3.8) is 0 Å². The molecule has 1 aliphatic rings. The minimum Gasteiger partial charge on any atom is -0.460 e. The van der Waals surface area contributed by atoms with Gasteiger partial charge in [0.05, 0.1) is 13.2 Å². The molecule has 0 aliphatic carbocycles. The monoisotopic (exact) mass is 256 g/mol. The van der Waals surface area contributed by atoms with E-state index < -0.39 is 5.97 Å². The number of furan rings is 1. The molecule has 0 bridgehead atoms. The Morgan fingerprint density at radius 1 is 1.76 bits per heavy atom. The van der Waals surface area contributed by atoms with Crippen molar-refractivity contribution in [2.24, 2.45) is 4.99 Å². The quantitative estimate of drug-likeness (QED) is 0.656. The molecule has 0 aromatic carbocycles. The molecule has 0 saturated heterocycles. The largest absolute Gasteiger partial charge is 0.460 e. The highest BCUT2D eigenvalue weighted by atomic mass is 32.2. The number of thioether (sulfide) groups is 1. The minimum atomic E-state index is -0.664. The van der Waals surface area contributed by atoms with E-state index in [4.69, 9.17) is 9.15 Å². The average molecular weight is 256 g/mol. The van der Waals surface area contributed by atoms with E-state index in [1.165, 1.54) is 11.8 Å². The van der Waals surface area contributed by atoms with E-state index in [0.29, 0.717) is 11.0 Å². The molecule has 17 heavy (non-hydrogen) atoms. The number of esters is 1. The molecule has 1 N–H and O–H groups in total. The maximum absolute atomic E-state index is 11.5. The van der Waals surface area contributed by atoms with Gasteiger partial charge in [-0.1, -0.05) is 11.8 Å². The maximum Gasteiger partial charge on any atom is 0.376 e. The summed E-state index contributed by atoms with van der Waals surface area (Å²) in [6.07, 6.45) is 1.87. The van der Waals surface area contributed by atoms with Crippen LogP contribution < -0.4 is 0 Å². The number of carbonyl (C=O) groups is 1. The summed E-state index contributed by atoms with van der Waals surface area (Å²) in [5.74, 6) is -0.466. The van der Waals surface area contributed by atoms with Crippen LogP contribution in [0.15, 0.2) is 20.6 Å². The lowest BCUT2D eigenvalue weighted by Gasteiger charge is -2.20. The number of hydroxylamine groups is 2.